The maximum Gasteiger partial charge on any atom is 0.117 e. The van der Waals surface area contributed by atoms with Gasteiger partial charge < -0.3 is 5.32 Å². The van der Waals surface area contributed by atoms with Crippen LogP contribution in [0.3, 0.4) is 0 Å². The zero-order chi connectivity index (χ0) is 14.5. The summed E-state index contributed by atoms with van der Waals surface area (Å²) in [7, 11) is 0. The van der Waals surface area contributed by atoms with Gasteiger partial charge in [0.1, 0.15) is 11.8 Å². The molecule has 1 atom stereocenters. The lowest BCUT2D eigenvalue weighted by molar-refractivity contribution is 1.32. The van der Waals surface area contributed by atoms with E-state index in [0.29, 0.717) is 5.70 Å². The molecule has 4 heteroatoms. The van der Waals surface area contributed by atoms with Crippen molar-refractivity contribution in [2.45, 2.75) is 5.38 Å². The molecule has 0 amide bonds. The molecule has 1 N–H and O–H groups in total. The van der Waals surface area contributed by atoms with Gasteiger partial charge >= 0.3 is 0 Å². The molecule has 1 aromatic rings. The van der Waals surface area contributed by atoms with Gasteiger partial charge in [-0.2, -0.15) is 5.26 Å². The second-order valence-corrected chi connectivity index (χ2v) is 5.07. The first-order valence-electron chi connectivity index (χ1n) is 5.96. The van der Waals surface area contributed by atoms with Crippen molar-refractivity contribution < 1.29 is 0 Å². The first kappa shape index (κ1) is 14.5. The molecule has 0 heterocycles. The number of fused-ring (bicyclic) bond motifs is 2. The molecule has 2 bridgehead atoms. The summed E-state index contributed by atoms with van der Waals surface area (Å²) in [6.45, 7) is 3.50. The zero-order valence-corrected chi connectivity index (χ0v) is 12.1. The number of anilines is 1. The summed E-state index contributed by atoms with van der Waals surface area (Å²) in [5, 5.41) is 12.1. The van der Waals surface area contributed by atoms with E-state index in [1.54, 1.807) is 0 Å². The van der Waals surface area contributed by atoms with E-state index in [2.05, 4.69) is 11.9 Å². The molecular formula is C16H12Cl2N2. The fraction of sp³-hybridized carbons (Fsp3) is 0.0625. The Morgan fingerprint density at radius 3 is 2.35 bits per heavy atom. The quantitative estimate of drug-likeness (QED) is 0.633. The van der Waals surface area contributed by atoms with E-state index in [4.69, 9.17) is 28.5 Å². The summed E-state index contributed by atoms with van der Waals surface area (Å²) < 4.78 is 0. The lowest BCUT2D eigenvalue weighted by Gasteiger charge is -2.00. The molecule has 0 fully saturated rings. The number of nitrogens with one attached hydrogen (secondary N) is 1. The van der Waals surface area contributed by atoms with E-state index in [-0.39, 0.29) is 5.38 Å². The van der Waals surface area contributed by atoms with Gasteiger partial charge in [0, 0.05) is 10.7 Å². The van der Waals surface area contributed by atoms with Crippen molar-refractivity contribution in [1.82, 2.24) is 0 Å². The number of hydrogen-bond donors (Lipinski definition) is 1. The molecule has 2 aliphatic rings. The average Bonchev–Trinajstić information content (AvgIpc) is 2.94. The number of para-hydroxylation sites is 1. The zero-order valence-electron chi connectivity index (χ0n) is 10.6. The summed E-state index contributed by atoms with van der Waals surface area (Å²) >= 11 is 11.7. The monoisotopic (exact) mass is 302 g/mol. The second kappa shape index (κ2) is 6.47. The van der Waals surface area contributed by atoms with Crippen LogP contribution in [-0.2, 0) is 0 Å². The highest BCUT2D eigenvalue weighted by Crippen LogP contribution is 2.38. The summed E-state index contributed by atoms with van der Waals surface area (Å²) in [4.78, 5) is 0. The van der Waals surface area contributed by atoms with E-state index in [1.807, 2.05) is 54.6 Å². The lowest BCUT2D eigenvalue weighted by atomic mass is 10.3. The number of rotatable bonds is 2. The van der Waals surface area contributed by atoms with Crippen molar-refractivity contribution in [2.75, 3.05) is 5.32 Å². The van der Waals surface area contributed by atoms with Crippen LogP contribution in [0.4, 0.5) is 5.69 Å². The Morgan fingerprint density at radius 1 is 1.25 bits per heavy atom. The minimum absolute atomic E-state index is 0.0394. The van der Waals surface area contributed by atoms with E-state index >= 15 is 0 Å². The Bertz CT molecular complexity index is 649. The fourth-order valence-electron chi connectivity index (χ4n) is 1.81. The van der Waals surface area contributed by atoms with Gasteiger partial charge in [-0.05, 0) is 29.4 Å². The number of halogens is 2. The molecule has 20 heavy (non-hydrogen) atoms. The SMILES string of the molecule is C=C(C#N)Nc1ccccc1.ClC1=C2C=CC(=C1)C2Cl. The van der Waals surface area contributed by atoms with Crippen LogP contribution < -0.4 is 5.32 Å². The Labute approximate surface area is 128 Å². The normalized spacial score (nSPS) is 18.1. The van der Waals surface area contributed by atoms with Crippen molar-refractivity contribution >= 4 is 28.9 Å². The number of allylic oxidation sites excluding steroid dienone is 7. The number of nitrogens with zero attached hydrogens (tertiary/aromatic N) is 1. The van der Waals surface area contributed by atoms with E-state index in [1.165, 1.54) is 0 Å². The van der Waals surface area contributed by atoms with Crippen LogP contribution in [0, 0.1) is 11.3 Å². The summed E-state index contributed by atoms with van der Waals surface area (Å²) in [5.74, 6) is 0. The van der Waals surface area contributed by atoms with Crippen LogP contribution in [0.25, 0.3) is 0 Å². The molecule has 0 spiro atoms. The van der Waals surface area contributed by atoms with Crippen molar-refractivity contribution in [3.05, 3.63) is 77.0 Å². The molecule has 0 aliphatic heterocycles. The molecule has 2 aliphatic carbocycles. The highest BCUT2D eigenvalue weighted by atomic mass is 35.5. The molecule has 100 valence electrons. The molecular weight excluding hydrogens is 291 g/mol. The van der Waals surface area contributed by atoms with Gasteiger partial charge in [0.05, 0.1) is 5.38 Å². The van der Waals surface area contributed by atoms with Gasteiger partial charge in [0.2, 0.25) is 0 Å². The van der Waals surface area contributed by atoms with Crippen molar-refractivity contribution in [2.24, 2.45) is 0 Å². The Kier molecular flexibility index (Phi) is 4.68. The van der Waals surface area contributed by atoms with Crippen LogP contribution >= 0.6 is 23.2 Å². The van der Waals surface area contributed by atoms with Gasteiger partial charge in [-0.25, -0.2) is 0 Å². The number of benzene rings is 1. The van der Waals surface area contributed by atoms with Crippen LogP contribution in [0.2, 0.25) is 0 Å². The minimum atomic E-state index is 0.0394. The predicted octanol–water partition coefficient (Wildman–Crippen LogP) is 4.73. The standard InChI is InChI=1S/C9H8N2.C7H4Cl2/c1-8(7-10)11-9-5-3-2-4-6-9;8-6-3-4-1-2-5(6)7(4)9/h2-6,11H,1H2;1-3,7H. The third-order valence-electron chi connectivity index (χ3n) is 2.79. The predicted molar refractivity (Wildman–Crippen MR) is 84.6 cm³/mol. The number of nitriles is 1. The third kappa shape index (κ3) is 3.33. The van der Waals surface area contributed by atoms with E-state index < -0.39 is 0 Å². The van der Waals surface area contributed by atoms with Gasteiger partial charge in [-0.1, -0.05) is 48.5 Å². The van der Waals surface area contributed by atoms with Gasteiger partial charge in [-0.3, -0.25) is 0 Å². The largest absolute Gasteiger partial charge is 0.347 e. The minimum Gasteiger partial charge on any atom is -0.347 e. The maximum atomic E-state index is 8.38. The second-order valence-electron chi connectivity index (χ2n) is 4.22. The Hall–Kier alpha value is -1.95. The van der Waals surface area contributed by atoms with Gasteiger partial charge in [0.25, 0.3) is 0 Å². The summed E-state index contributed by atoms with van der Waals surface area (Å²) in [5.41, 5.74) is 3.42. The lowest BCUT2D eigenvalue weighted by Crippen LogP contribution is -1.93. The number of alkyl halides is 1. The highest BCUT2D eigenvalue weighted by molar-refractivity contribution is 6.35. The Morgan fingerprint density at radius 2 is 1.95 bits per heavy atom. The first-order chi connectivity index (χ1) is 9.61. The molecule has 0 saturated carbocycles. The molecule has 1 aromatic carbocycles. The molecule has 1 unspecified atom stereocenters. The summed E-state index contributed by atoms with van der Waals surface area (Å²) in [6, 6.07) is 11.4. The van der Waals surface area contributed by atoms with Crippen molar-refractivity contribution in [3.8, 4) is 6.07 Å². The van der Waals surface area contributed by atoms with Crippen LogP contribution in [0.15, 0.2) is 77.0 Å². The Balaban J connectivity index is 0.000000149. The first-order valence-corrected chi connectivity index (χ1v) is 6.77. The van der Waals surface area contributed by atoms with Crippen molar-refractivity contribution in [1.29, 1.82) is 5.26 Å². The van der Waals surface area contributed by atoms with Crippen LogP contribution in [0.1, 0.15) is 0 Å². The molecule has 3 rings (SSSR count). The van der Waals surface area contributed by atoms with E-state index in [9.17, 15) is 0 Å². The topological polar surface area (TPSA) is 35.8 Å². The summed E-state index contributed by atoms with van der Waals surface area (Å²) in [6.07, 6.45) is 5.88. The molecule has 0 radical (unpaired) electrons. The molecule has 0 aromatic heterocycles. The third-order valence-corrected chi connectivity index (χ3v) is 3.61. The average molecular weight is 303 g/mol. The maximum absolute atomic E-state index is 8.38. The fourth-order valence-corrected chi connectivity index (χ4v) is 2.49. The van der Waals surface area contributed by atoms with Crippen LogP contribution in [0.5, 0.6) is 0 Å². The van der Waals surface area contributed by atoms with Crippen molar-refractivity contribution in [3.63, 3.8) is 0 Å². The highest BCUT2D eigenvalue weighted by Gasteiger charge is 2.26. The number of hydrogen-bond acceptors (Lipinski definition) is 2. The van der Waals surface area contributed by atoms with Gasteiger partial charge in [0.15, 0.2) is 0 Å². The molecule has 2 nitrogen and oxygen atoms in total. The van der Waals surface area contributed by atoms with E-state index in [0.717, 1.165) is 21.9 Å². The van der Waals surface area contributed by atoms with Crippen LogP contribution in [-0.4, -0.2) is 5.38 Å². The molecule has 0 saturated heterocycles. The smallest absolute Gasteiger partial charge is 0.117 e. The van der Waals surface area contributed by atoms with Gasteiger partial charge in [-0.15, -0.1) is 11.6 Å².